The molecule has 4 amide bonds. The first-order valence-electron chi connectivity index (χ1n) is 8.87. The van der Waals surface area contributed by atoms with Gasteiger partial charge in [-0.15, -0.1) is 0 Å². The molecule has 2 aromatic rings. The summed E-state index contributed by atoms with van der Waals surface area (Å²) >= 11 is 0. The number of amides is 4. The molecule has 0 spiro atoms. The fourth-order valence-corrected chi connectivity index (χ4v) is 2.49. The molecule has 0 heterocycles. The first-order valence-corrected chi connectivity index (χ1v) is 8.87. The maximum Gasteiger partial charge on any atom is 0.321 e. The second kappa shape index (κ2) is 8.84. The number of carbonyl (C=O) groups is 3. The smallest absolute Gasteiger partial charge is 0.321 e. The number of rotatable bonds is 7. The van der Waals surface area contributed by atoms with Crippen molar-refractivity contribution in [3.8, 4) is 0 Å². The Morgan fingerprint density at radius 3 is 2.37 bits per heavy atom. The number of urea groups is 1. The third-order valence-corrected chi connectivity index (χ3v) is 4.07. The van der Waals surface area contributed by atoms with Crippen LogP contribution in [0.15, 0.2) is 54.6 Å². The minimum atomic E-state index is -0.564. The number of benzene rings is 2. The molecule has 0 aromatic heterocycles. The average Bonchev–Trinajstić information content (AvgIpc) is 3.50. The van der Waals surface area contributed by atoms with Gasteiger partial charge >= 0.3 is 6.03 Å². The van der Waals surface area contributed by atoms with Crippen molar-refractivity contribution in [2.24, 2.45) is 0 Å². The van der Waals surface area contributed by atoms with Gasteiger partial charge in [-0.2, -0.15) is 0 Å². The Morgan fingerprint density at radius 1 is 0.926 bits per heavy atom. The number of hydrogen-bond acceptors (Lipinski definition) is 4. The second-order valence-corrected chi connectivity index (χ2v) is 6.36. The van der Waals surface area contributed by atoms with E-state index in [1.54, 1.807) is 24.3 Å². The van der Waals surface area contributed by atoms with Gasteiger partial charge in [0.25, 0.3) is 5.91 Å². The van der Waals surface area contributed by atoms with Crippen LogP contribution in [-0.4, -0.2) is 30.4 Å². The van der Waals surface area contributed by atoms with Crippen molar-refractivity contribution in [2.45, 2.75) is 25.4 Å². The van der Waals surface area contributed by atoms with E-state index in [0.29, 0.717) is 17.8 Å². The molecule has 0 radical (unpaired) electrons. The van der Waals surface area contributed by atoms with Crippen molar-refractivity contribution in [3.63, 3.8) is 0 Å². The van der Waals surface area contributed by atoms with Gasteiger partial charge in [-0.1, -0.05) is 42.5 Å². The van der Waals surface area contributed by atoms with E-state index in [1.165, 1.54) is 0 Å². The van der Waals surface area contributed by atoms with Crippen LogP contribution in [0.4, 0.5) is 10.5 Å². The van der Waals surface area contributed by atoms with Crippen LogP contribution in [-0.2, 0) is 11.3 Å². The van der Waals surface area contributed by atoms with Gasteiger partial charge in [0, 0.05) is 18.3 Å². The van der Waals surface area contributed by atoms with E-state index in [1.807, 2.05) is 30.3 Å². The lowest BCUT2D eigenvalue weighted by molar-refractivity contribution is -0.118. The van der Waals surface area contributed by atoms with E-state index in [2.05, 4.69) is 21.3 Å². The number of para-hydroxylation sites is 1. The van der Waals surface area contributed by atoms with Gasteiger partial charge in [-0.25, -0.2) is 4.79 Å². The highest BCUT2D eigenvalue weighted by atomic mass is 16.2. The summed E-state index contributed by atoms with van der Waals surface area (Å²) in [6.07, 6.45) is 2.00. The van der Waals surface area contributed by atoms with Gasteiger partial charge in [-0.3, -0.25) is 14.9 Å². The molecule has 27 heavy (non-hydrogen) atoms. The Hall–Kier alpha value is -3.35. The third-order valence-electron chi connectivity index (χ3n) is 4.07. The fraction of sp³-hybridized carbons (Fsp3) is 0.250. The molecule has 140 valence electrons. The van der Waals surface area contributed by atoms with Gasteiger partial charge in [0.1, 0.15) is 0 Å². The standard InChI is InChI=1S/C20H22N4O3/c25-18(24-20(27)22-12-14-6-2-1-3-7-14)13-21-17-9-5-4-8-16(17)19(26)23-15-10-11-15/h1-9,15,21H,10-13H2,(H,23,26)(H2,22,24,25,27). The molecular weight excluding hydrogens is 344 g/mol. The Morgan fingerprint density at radius 2 is 1.63 bits per heavy atom. The van der Waals surface area contributed by atoms with E-state index in [4.69, 9.17) is 0 Å². The molecular formula is C20H22N4O3. The molecule has 4 N–H and O–H groups in total. The predicted molar refractivity (Wildman–Crippen MR) is 102 cm³/mol. The lowest BCUT2D eigenvalue weighted by Crippen LogP contribution is -2.41. The first kappa shape index (κ1) is 18.4. The monoisotopic (exact) mass is 366 g/mol. The summed E-state index contributed by atoms with van der Waals surface area (Å²) in [6, 6.07) is 16.1. The maximum absolute atomic E-state index is 12.2. The number of hydrogen-bond donors (Lipinski definition) is 4. The van der Waals surface area contributed by atoms with E-state index in [9.17, 15) is 14.4 Å². The molecule has 2 aromatic carbocycles. The van der Waals surface area contributed by atoms with Crippen molar-refractivity contribution in [2.75, 3.05) is 11.9 Å². The van der Waals surface area contributed by atoms with Crippen LogP contribution in [0.25, 0.3) is 0 Å². The SMILES string of the molecule is O=C(CNc1ccccc1C(=O)NC1CC1)NC(=O)NCc1ccccc1. The molecule has 3 rings (SSSR count). The minimum absolute atomic E-state index is 0.119. The summed E-state index contributed by atoms with van der Waals surface area (Å²) < 4.78 is 0. The zero-order valence-corrected chi connectivity index (χ0v) is 14.8. The molecule has 1 fully saturated rings. The van der Waals surface area contributed by atoms with Crippen molar-refractivity contribution in [1.29, 1.82) is 0 Å². The molecule has 1 aliphatic carbocycles. The Bertz CT molecular complexity index is 819. The Balaban J connectivity index is 1.46. The molecule has 7 heteroatoms. The molecule has 1 saturated carbocycles. The number of carbonyl (C=O) groups excluding carboxylic acids is 3. The normalized spacial score (nSPS) is 12.7. The van der Waals surface area contributed by atoms with Crippen LogP contribution in [0.3, 0.4) is 0 Å². The van der Waals surface area contributed by atoms with E-state index in [-0.39, 0.29) is 18.5 Å². The molecule has 0 bridgehead atoms. The Kier molecular flexibility index (Phi) is 6.04. The largest absolute Gasteiger partial charge is 0.375 e. The first-order chi connectivity index (χ1) is 13.1. The zero-order chi connectivity index (χ0) is 19.1. The molecule has 0 aliphatic heterocycles. The van der Waals surface area contributed by atoms with Crippen LogP contribution < -0.4 is 21.3 Å². The lowest BCUT2D eigenvalue weighted by atomic mass is 10.1. The molecule has 0 unspecified atom stereocenters. The van der Waals surface area contributed by atoms with Crippen LogP contribution in [0.5, 0.6) is 0 Å². The fourth-order valence-electron chi connectivity index (χ4n) is 2.49. The minimum Gasteiger partial charge on any atom is -0.375 e. The van der Waals surface area contributed by atoms with Gasteiger partial charge in [0.15, 0.2) is 0 Å². The lowest BCUT2D eigenvalue weighted by Gasteiger charge is -2.12. The number of anilines is 1. The van der Waals surface area contributed by atoms with E-state index < -0.39 is 11.9 Å². The summed E-state index contributed by atoms with van der Waals surface area (Å²) in [5, 5.41) is 10.7. The number of imide groups is 1. The highest BCUT2D eigenvalue weighted by molar-refractivity contribution is 6.01. The summed E-state index contributed by atoms with van der Waals surface area (Å²) in [6.45, 7) is 0.212. The third kappa shape index (κ3) is 5.85. The van der Waals surface area contributed by atoms with Crippen molar-refractivity contribution in [3.05, 3.63) is 65.7 Å². The van der Waals surface area contributed by atoms with Gasteiger partial charge in [0.05, 0.1) is 12.1 Å². The predicted octanol–water partition coefficient (Wildman–Crippen LogP) is 2.02. The van der Waals surface area contributed by atoms with Crippen LogP contribution in [0.2, 0.25) is 0 Å². The van der Waals surface area contributed by atoms with Gasteiger partial charge in [-0.05, 0) is 30.5 Å². The van der Waals surface area contributed by atoms with Crippen molar-refractivity contribution < 1.29 is 14.4 Å². The van der Waals surface area contributed by atoms with E-state index in [0.717, 1.165) is 18.4 Å². The maximum atomic E-state index is 12.2. The van der Waals surface area contributed by atoms with Crippen LogP contribution in [0.1, 0.15) is 28.8 Å². The van der Waals surface area contributed by atoms with Gasteiger partial charge < -0.3 is 16.0 Å². The Labute approximate surface area is 157 Å². The van der Waals surface area contributed by atoms with Crippen LogP contribution >= 0.6 is 0 Å². The summed E-state index contributed by atoms with van der Waals surface area (Å²) in [5.41, 5.74) is 1.97. The van der Waals surface area contributed by atoms with Crippen LogP contribution in [0, 0.1) is 0 Å². The zero-order valence-electron chi connectivity index (χ0n) is 14.8. The number of nitrogens with one attached hydrogen (secondary N) is 4. The van der Waals surface area contributed by atoms with Crippen molar-refractivity contribution >= 4 is 23.5 Å². The quantitative estimate of drug-likeness (QED) is 0.602. The summed E-state index contributed by atoms with van der Waals surface area (Å²) in [7, 11) is 0. The van der Waals surface area contributed by atoms with Crippen molar-refractivity contribution in [1.82, 2.24) is 16.0 Å². The summed E-state index contributed by atoms with van der Waals surface area (Å²) in [4.78, 5) is 36.0. The molecule has 0 saturated heterocycles. The average molecular weight is 366 g/mol. The molecule has 1 aliphatic rings. The highest BCUT2D eigenvalue weighted by Gasteiger charge is 2.24. The second-order valence-electron chi connectivity index (χ2n) is 6.36. The highest BCUT2D eigenvalue weighted by Crippen LogP contribution is 2.21. The molecule has 0 atom stereocenters. The molecule has 7 nitrogen and oxygen atoms in total. The summed E-state index contributed by atoms with van der Waals surface area (Å²) in [5.74, 6) is -0.653. The topological polar surface area (TPSA) is 99.3 Å². The van der Waals surface area contributed by atoms with E-state index >= 15 is 0 Å². The van der Waals surface area contributed by atoms with Gasteiger partial charge in [0.2, 0.25) is 5.91 Å².